The van der Waals surface area contributed by atoms with Crippen molar-refractivity contribution in [3.05, 3.63) is 82.8 Å². The van der Waals surface area contributed by atoms with E-state index in [2.05, 4.69) is 9.80 Å². The van der Waals surface area contributed by atoms with Crippen molar-refractivity contribution in [1.82, 2.24) is 9.80 Å². The zero-order chi connectivity index (χ0) is 17.6. The number of rotatable bonds is 5. The number of carbonyl (C=O) groups excluding carboxylic acids is 1. The standard InChI is InChI=1S/C20H20ClFN2O/c21-19-7-2-1-6-18(19)20(25)8-9-23-10-12-24(13-11-23)15-16-4-3-5-17(22)14-16/h1-9,14H,10-13,15H2/b9-8+. The third-order valence-corrected chi connectivity index (χ3v) is 4.61. The molecule has 1 aliphatic heterocycles. The lowest BCUT2D eigenvalue weighted by Gasteiger charge is -2.34. The van der Waals surface area contributed by atoms with Gasteiger partial charge in [0.05, 0.1) is 5.02 Å². The average molecular weight is 359 g/mol. The fourth-order valence-corrected chi connectivity index (χ4v) is 3.12. The number of hydrogen-bond acceptors (Lipinski definition) is 3. The van der Waals surface area contributed by atoms with E-state index in [1.807, 2.05) is 12.3 Å². The molecule has 0 radical (unpaired) electrons. The molecular weight excluding hydrogens is 339 g/mol. The van der Waals surface area contributed by atoms with Crippen molar-refractivity contribution >= 4 is 17.4 Å². The van der Waals surface area contributed by atoms with E-state index in [0.29, 0.717) is 10.6 Å². The quantitative estimate of drug-likeness (QED) is 0.596. The van der Waals surface area contributed by atoms with Crippen molar-refractivity contribution in [2.24, 2.45) is 0 Å². The summed E-state index contributed by atoms with van der Waals surface area (Å²) in [5.41, 5.74) is 1.50. The van der Waals surface area contributed by atoms with Crippen LogP contribution >= 0.6 is 11.6 Å². The highest BCUT2D eigenvalue weighted by molar-refractivity contribution is 6.34. The maximum absolute atomic E-state index is 13.3. The van der Waals surface area contributed by atoms with E-state index in [4.69, 9.17) is 11.6 Å². The molecule has 3 rings (SSSR count). The summed E-state index contributed by atoms with van der Waals surface area (Å²) in [5, 5.41) is 0.470. The fraction of sp³-hybridized carbons (Fsp3) is 0.250. The second-order valence-corrected chi connectivity index (χ2v) is 6.51. The highest BCUT2D eigenvalue weighted by Gasteiger charge is 2.15. The summed E-state index contributed by atoms with van der Waals surface area (Å²) in [4.78, 5) is 16.6. The Kier molecular flexibility index (Phi) is 5.84. The van der Waals surface area contributed by atoms with Gasteiger partial charge in [-0.05, 0) is 29.8 Å². The molecule has 0 aromatic heterocycles. The van der Waals surface area contributed by atoms with E-state index >= 15 is 0 Å². The number of ketones is 1. The lowest BCUT2D eigenvalue weighted by Crippen LogP contribution is -2.43. The van der Waals surface area contributed by atoms with Crippen molar-refractivity contribution in [3.63, 3.8) is 0 Å². The molecule has 130 valence electrons. The summed E-state index contributed by atoms with van der Waals surface area (Å²) in [6, 6.07) is 13.8. The maximum atomic E-state index is 13.3. The first-order valence-corrected chi connectivity index (χ1v) is 8.67. The van der Waals surface area contributed by atoms with E-state index in [0.717, 1.165) is 38.3 Å². The topological polar surface area (TPSA) is 23.6 Å². The molecule has 1 fully saturated rings. The first-order chi connectivity index (χ1) is 12.1. The molecule has 0 amide bonds. The number of halogens is 2. The molecule has 0 unspecified atom stereocenters. The average Bonchev–Trinajstić information content (AvgIpc) is 2.61. The summed E-state index contributed by atoms with van der Waals surface area (Å²) in [7, 11) is 0. The molecule has 0 aliphatic carbocycles. The number of benzene rings is 2. The van der Waals surface area contributed by atoms with Crippen molar-refractivity contribution in [2.75, 3.05) is 26.2 Å². The fourth-order valence-electron chi connectivity index (χ4n) is 2.89. The van der Waals surface area contributed by atoms with Gasteiger partial charge in [0, 0.05) is 50.6 Å². The molecule has 2 aromatic rings. The molecule has 25 heavy (non-hydrogen) atoms. The Labute approximate surface area is 152 Å². The molecule has 0 saturated carbocycles. The highest BCUT2D eigenvalue weighted by atomic mass is 35.5. The van der Waals surface area contributed by atoms with Crippen LogP contribution in [0, 0.1) is 5.82 Å². The van der Waals surface area contributed by atoms with E-state index in [1.54, 1.807) is 42.5 Å². The number of nitrogens with zero attached hydrogens (tertiary/aromatic N) is 2. The van der Waals surface area contributed by atoms with Gasteiger partial charge in [-0.2, -0.15) is 0 Å². The van der Waals surface area contributed by atoms with Crippen molar-refractivity contribution in [2.45, 2.75) is 6.54 Å². The van der Waals surface area contributed by atoms with Gasteiger partial charge in [-0.1, -0.05) is 35.9 Å². The smallest absolute Gasteiger partial charge is 0.188 e. The van der Waals surface area contributed by atoms with Crippen LogP contribution in [0.25, 0.3) is 0 Å². The lowest BCUT2D eigenvalue weighted by molar-refractivity contribution is 0.104. The van der Waals surface area contributed by atoms with Crippen LogP contribution in [-0.4, -0.2) is 41.8 Å². The Balaban J connectivity index is 1.51. The van der Waals surface area contributed by atoms with Gasteiger partial charge in [0.1, 0.15) is 5.82 Å². The minimum Gasteiger partial charge on any atom is -0.375 e. The molecule has 3 nitrogen and oxygen atoms in total. The third kappa shape index (κ3) is 4.91. The first kappa shape index (κ1) is 17.6. The molecule has 2 aromatic carbocycles. The highest BCUT2D eigenvalue weighted by Crippen LogP contribution is 2.16. The van der Waals surface area contributed by atoms with Gasteiger partial charge in [-0.3, -0.25) is 9.69 Å². The van der Waals surface area contributed by atoms with Gasteiger partial charge in [0.15, 0.2) is 5.78 Å². The van der Waals surface area contributed by atoms with Crippen LogP contribution in [0.3, 0.4) is 0 Å². The normalized spacial score (nSPS) is 15.7. The van der Waals surface area contributed by atoms with Crippen LogP contribution in [0.4, 0.5) is 4.39 Å². The maximum Gasteiger partial charge on any atom is 0.188 e. The zero-order valence-corrected chi connectivity index (χ0v) is 14.6. The molecule has 0 atom stereocenters. The number of allylic oxidation sites excluding steroid dienone is 1. The van der Waals surface area contributed by atoms with E-state index in [-0.39, 0.29) is 11.6 Å². The van der Waals surface area contributed by atoms with Gasteiger partial charge in [-0.25, -0.2) is 4.39 Å². The molecule has 5 heteroatoms. The van der Waals surface area contributed by atoms with Crippen LogP contribution in [-0.2, 0) is 6.54 Å². The lowest BCUT2D eigenvalue weighted by atomic mass is 10.1. The van der Waals surface area contributed by atoms with E-state index in [9.17, 15) is 9.18 Å². The number of piperazine rings is 1. The second-order valence-electron chi connectivity index (χ2n) is 6.10. The minimum absolute atomic E-state index is 0.0900. The summed E-state index contributed by atoms with van der Waals surface area (Å²) in [5.74, 6) is -0.287. The van der Waals surface area contributed by atoms with Gasteiger partial charge < -0.3 is 4.90 Å². The second kappa shape index (κ2) is 8.28. The Morgan fingerprint density at radius 3 is 2.56 bits per heavy atom. The summed E-state index contributed by atoms with van der Waals surface area (Å²) >= 11 is 6.05. The van der Waals surface area contributed by atoms with Crippen molar-refractivity contribution in [3.8, 4) is 0 Å². The van der Waals surface area contributed by atoms with Gasteiger partial charge in [0.25, 0.3) is 0 Å². The molecule has 0 spiro atoms. The molecule has 1 aliphatic rings. The Morgan fingerprint density at radius 2 is 1.84 bits per heavy atom. The predicted molar refractivity (Wildman–Crippen MR) is 98.2 cm³/mol. The van der Waals surface area contributed by atoms with Crippen LogP contribution in [0.1, 0.15) is 15.9 Å². The Morgan fingerprint density at radius 1 is 1.08 bits per heavy atom. The number of hydrogen-bond donors (Lipinski definition) is 0. The van der Waals surface area contributed by atoms with Crippen LogP contribution in [0.2, 0.25) is 5.02 Å². The molecule has 0 N–H and O–H groups in total. The SMILES string of the molecule is O=C(/C=C/N1CCN(Cc2cccc(F)c2)CC1)c1ccccc1Cl. The molecule has 0 bridgehead atoms. The van der Waals surface area contributed by atoms with Crippen molar-refractivity contribution in [1.29, 1.82) is 0 Å². The monoisotopic (exact) mass is 358 g/mol. The van der Waals surface area contributed by atoms with Gasteiger partial charge >= 0.3 is 0 Å². The largest absolute Gasteiger partial charge is 0.375 e. The van der Waals surface area contributed by atoms with Crippen LogP contribution in [0.5, 0.6) is 0 Å². The third-order valence-electron chi connectivity index (χ3n) is 4.28. The molecule has 1 heterocycles. The minimum atomic E-state index is -0.197. The molecule has 1 saturated heterocycles. The van der Waals surface area contributed by atoms with Crippen LogP contribution < -0.4 is 0 Å². The summed E-state index contributed by atoms with van der Waals surface area (Å²) in [6.07, 6.45) is 3.41. The van der Waals surface area contributed by atoms with Gasteiger partial charge in [0.2, 0.25) is 0 Å². The van der Waals surface area contributed by atoms with Crippen LogP contribution in [0.15, 0.2) is 60.8 Å². The summed E-state index contributed by atoms with van der Waals surface area (Å²) < 4.78 is 13.3. The van der Waals surface area contributed by atoms with Crippen molar-refractivity contribution < 1.29 is 9.18 Å². The molecular formula is C20H20ClFN2O. The zero-order valence-electron chi connectivity index (χ0n) is 13.9. The summed E-state index contributed by atoms with van der Waals surface area (Å²) in [6.45, 7) is 4.17. The Bertz CT molecular complexity index is 770. The predicted octanol–water partition coefficient (Wildman–Crippen LogP) is 3.99. The van der Waals surface area contributed by atoms with Gasteiger partial charge in [-0.15, -0.1) is 0 Å². The first-order valence-electron chi connectivity index (χ1n) is 8.30. The van der Waals surface area contributed by atoms with E-state index < -0.39 is 0 Å². The number of carbonyl (C=O) groups is 1. The Hall–Kier alpha value is -2.17. The van der Waals surface area contributed by atoms with E-state index in [1.165, 1.54) is 6.07 Å².